The van der Waals surface area contributed by atoms with Crippen LogP contribution in [0, 0.1) is 11.7 Å². The number of carbonyl (C=O) groups is 3. The first-order valence-electron chi connectivity index (χ1n) is 9.42. The average Bonchev–Trinajstić information content (AvgIpc) is 2.63. The van der Waals surface area contributed by atoms with E-state index in [2.05, 4.69) is 10.6 Å². The predicted octanol–water partition coefficient (Wildman–Crippen LogP) is 2.32. The largest absolute Gasteiger partial charge is 0.444 e. The first-order chi connectivity index (χ1) is 13.1. The van der Waals surface area contributed by atoms with Crippen LogP contribution in [0.1, 0.15) is 44.0 Å². The molecule has 7 nitrogen and oxygen atoms in total. The van der Waals surface area contributed by atoms with Gasteiger partial charge in [-0.15, -0.1) is 0 Å². The van der Waals surface area contributed by atoms with Crippen LogP contribution in [0.2, 0.25) is 0 Å². The molecule has 0 aliphatic carbocycles. The Balaban J connectivity index is 1.68. The Morgan fingerprint density at radius 3 is 2.46 bits per heavy atom. The molecule has 28 heavy (non-hydrogen) atoms. The molecular weight excluding hydrogens is 365 g/mol. The molecule has 0 spiro atoms. The molecule has 0 saturated carbocycles. The molecule has 1 fully saturated rings. The van der Waals surface area contributed by atoms with E-state index >= 15 is 0 Å². The van der Waals surface area contributed by atoms with Crippen molar-refractivity contribution >= 4 is 17.9 Å². The summed E-state index contributed by atoms with van der Waals surface area (Å²) in [5.74, 6) is -0.641. The summed E-state index contributed by atoms with van der Waals surface area (Å²) < 4.78 is 18.4. The zero-order chi connectivity index (χ0) is 20.7. The first-order valence-corrected chi connectivity index (χ1v) is 9.42. The summed E-state index contributed by atoms with van der Waals surface area (Å²) in [6.07, 6.45) is 0.869. The number of hydrogen-bond donors (Lipinski definition) is 2. The van der Waals surface area contributed by atoms with Crippen LogP contribution in [0.15, 0.2) is 24.3 Å². The Morgan fingerprint density at radius 1 is 1.18 bits per heavy atom. The smallest absolute Gasteiger partial charge is 0.408 e. The Kier molecular flexibility index (Phi) is 7.37. The van der Waals surface area contributed by atoms with Gasteiger partial charge in [-0.1, -0.05) is 6.07 Å². The fourth-order valence-corrected chi connectivity index (χ4v) is 2.93. The van der Waals surface area contributed by atoms with Crippen LogP contribution in [0.3, 0.4) is 0 Å². The van der Waals surface area contributed by atoms with Crippen molar-refractivity contribution < 1.29 is 23.5 Å². The first kappa shape index (κ1) is 21.7. The van der Waals surface area contributed by atoms with Gasteiger partial charge in [-0.25, -0.2) is 9.18 Å². The number of ether oxygens (including phenoxy) is 1. The highest BCUT2D eigenvalue weighted by Crippen LogP contribution is 2.19. The molecule has 8 heteroatoms. The lowest BCUT2D eigenvalue weighted by Crippen LogP contribution is -2.44. The quantitative estimate of drug-likeness (QED) is 0.804. The van der Waals surface area contributed by atoms with Gasteiger partial charge in [0.25, 0.3) is 5.91 Å². The number of carbonyl (C=O) groups excluding carboxylic acids is 3. The zero-order valence-corrected chi connectivity index (χ0v) is 16.6. The number of halogens is 1. The van der Waals surface area contributed by atoms with E-state index in [0.717, 1.165) is 12.8 Å². The monoisotopic (exact) mass is 393 g/mol. The molecule has 1 saturated heterocycles. The predicted molar refractivity (Wildman–Crippen MR) is 102 cm³/mol. The van der Waals surface area contributed by atoms with Crippen LogP contribution in [0.5, 0.6) is 0 Å². The van der Waals surface area contributed by atoms with Crippen molar-refractivity contribution in [1.29, 1.82) is 0 Å². The summed E-state index contributed by atoms with van der Waals surface area (Å²) >= 11 is 0. The minimum absolute atomic E-state index is 0.147. The van der Waals surface area contributed by atoms with Crippen LogP contribution in [0.4, 0.5) is 9.18 Å². The molecule has 0 bridgehead atoms. The molecule has 0 atom stereocenters. The van der Waals surface area contributed by atoms with Gasteiger partial charge >= 0.3 is 6.09 Å². The number of alkyl carbamates (subject to hydrolysis) is 1. The molecule has 1 heterocycles. The molecule has 0 unspecified atom stereocenters. The molecule has 2 rings (SSSR count). The molecule has 0 aromatic heterocycles. The topological polar surface area (TPSA) is 87.7 Å². The minimum Gasteiger partial charge on any atom is -0.444 e. The summed E-state index contributed by atoms with van der Waals surface area (Å²) in [7, 11) is 0. The van der Waals surface area contributed by atoms with Crippen molar-refractivity contribution in [3.8, 4) is 0 Å². The van der Waals surface area contributed by atoms with E-state index in [-0.39, 0.29) is 24.3 Å². The van der Waals surface area contributed by atoms with Crippen molar-refractivity contribution in [2.45, 2.75) is 39.2 Å². The second kappa shape index (κ2) is 9.52. The van der Waals surface area contributed by atoms with Gasteiger partial charge in [-0.2, -0.15) is 0 Å². The second-order valence-corrected chi connectivity index (χ2v) is 7.91. The van der Waals surface area contributed by atoms with Gasteiger partial charge in [-0.3, -0.25) is 9.59 Å². The third kappa shape index (κ3) is 7.17. The highest BCUT2D eigenvalue weighted by atomic mass is 19.1. The number of piperidine rings is 1. The summed E-state index contributed by atoms with van der Waals surface area (Å²) in [6, 6.07) is 5.68. The third-order valence-corrected chi connectivity index (χ3v) is 4.35. The maximum Gasteiger partial charge on any atom is 0.408 e. The number of nitrogens with zero attached hydrogens (tertiary/aromatic N) is 1. The molecule has 0 radical (unpaired) electrons. The number of rotatable bonds is 5. The van der Waals surface area contributed by atoms with Gasteiger partial charge in [0, 0.05) is 25.2 Å². The number of benzene rings is 1. The highest BCUT2D eigenvalue weighted by Gasteiger charge is 2.24. The summed E-state index contributed by atoms with van der Waals surface area (Å²) in [4.78, 5) is 37.5. The van der Waals surface area contributed by atoms with E-state index in [1.54, 1.807) is 31.7 Å². The van der Waals surface area contributed by atoms with Crippen molar-refractivity contribution in [2.24, 2.45) is 5.92 Å². The van der Waals surface area contributed by atoms with Crippen LogP contribution in [-0.4, -0.2) is 54.6 Å². The van der Waals surface area contributed by atoms with Crippen LogP contribution in [0.25, 0.3) is 0 Å². The number of hydrogen-bond acceptors (Lipinski definition) is 4. The van der Waals surface area contributed by atoms with Gasteiger partial charge in [-0.05, 0) is 57.7 Å². The summed E-state index contributed by atoms with van der Waals surface area (Å²) in [5, 5.41) is 5.21. The molecule has 154 valence electrons. The number of nitrogens with one attached hydrogen (secondary N) is 2. The Bertz CT molecular complexity index is 710. The number of amides is 3. The van der Waals surface area contributed by atoms with Crippen molar-refractivity contribution in [2.75, 3.05) is 26.2 Å². The van der Waals surface area contributed by atoms with Crippen LogP contribution < -0.4 is 10.6 Å². The third-order valence-electron chi connectivity index (χ3n) is 4.35. The Labute approximate surface area is 164 Å². The van der Waals surface area contributed by atoms with E-state index in [1.807, 2.05) is 0 Å². The molecule has 1 aliphatic heterocycles. The Morgan fingerprint density at radius 2 is 1.86 bits per heavy atom. The van der Waals surface area contributed by atoms with Gasteiger partial charge in [0.15, 0.2) is 0 Å². The normalized spacial score (nSPS) is 15.1. The van der Waals surface area contributed by atoms with Crippen LogP contribution in [-0.2, 0) is 9.53 Å². The minimum atomic E-state index is -0.633. The summed E-state index contributed by atoms with van der Waals surface area (Å²) in [5.41, 5.74) is -0.266. The van der Waals surface area contributed by atoms with E-state index in [0.29, 0.717) is 25.2 Å². The maximum atomic E-state index is 13.3. The van der Waals surface area contributed by atoms with Gasteiger partial charge in [0.05, 0.1) is 6.54 Å². The SMILES string of the molecule is CC(C)(C)OC(=O)NCC(=O)NCC1CCN(C(=O)c2cccc(F)c2)CC1. The Hall–Kier alpha value is -2.64. The van der Waals surface area contributed by atoms with Gasteiger partial charge in [0.1, 0.15) is 11.4 Å². The number of likely N-dealkylation sites (tertiary alicyclic amines) is 1. The lowest BCUT2D eigenvalue weighted by molar-refractivity contribution is -0.120. The lowest BCUT2D eigenvalue weighted by Gasteiger charge is -2.32. The molecular formula is C20H28FN3O4. The van der Waals surface area contributed by atoms with E-state index < -0.39 is 17.5 Å². The fourth-order valence-electron chi connectivity index (χ4n) is 2.93. The van der Waals surface area contributed by atoms with Gasteiger partial charge in [0.2, 0.25) is 5.91 Å². The molecule has 1 aromatic rings. The van der Waals surface area contributed by atoms with Crippen molar-refractivity contribution in [1.82, 2.24) is 15.5 Å². The zero-order valence-electron chi connectivity index (χ0n) is 16.6. The molecule has 1 aromatic carbocycles. The van der Waals surface area contributed by atoms with E-state index in [4.69, 9.17) is 4.74 Å². The standard InChI is InChI=1S/C20H28FN3O4/c1-20(2,3)28-19(27)23-13-17(25)22-12-14-7-9-24(10-8-14)18(26)15-5-4-6-16(21)11-15/h4-6,11,14H,7-10,12-13H2,1-3H3,(H,22,25)(H,23,27). The van der Waals surface area contributed by atoms with Crippen molar-refractivity contribution in [3.63, 3.8) is 0 Å². The lowest BCUT2D eigenvalue weighted by atomic mass is 9.96. The highest BCUT2D eigenvalue weighted by molar-refractivity contribution is 5.94. The van der Waals surface area contributed by atoms with E-state index in [1.165, 1.54) is 18.2 Å². The molecule has 2 N–H and O–H groups in total. The average molecular weight is 393 g/mol. The molecule has 3 amide bonds. The van der Waals surface area contributed by atoms with Gasteiger partial charge < -0.3 is 20.3 Å². The van der Waals surface area contributed by atoms with Crippen LogP contribution >= 0.6 is 0 Å². The maximum absolute atomic E-state index is 13.3. The van der Waals surface area contributed by atoms with E-state index in [9.17, 15) is 18.8 Å². The fraction of sp³-hybridized carbons (Fsp3) is 0.550. The molecule has 1 aliphatic rings. The second-order valence-electron chi connectivity index (χ2n) is 7.91. The summed E-state index contributed by atoms with van der Waals surface area (Å²) in [6.45, 7) is 6.70. The van der Waals surface area contributed by atoms with Crippen molar-refractivity contribution in [3.05, 3.63) is 35.6 Å².